The molecule has 3 heteroatoms. The van der Waals surface area contributed by atoms with Crippen LogP contribution in [-0.2, 0) is 8.53 Å². The van der Waals surface area contributed by atoms with Crippen LogP contribution in [-0.4, -0.2) is 33.8 Å². The van der Waals surface area contributed by atoms with Crippen LogP contribution >= 0.6 is 0 Å². The fraction of sp³-hybridized carbons (Fsp3) is 1.00. The molecule has 1 aliphatic heterocycles. The predicted molar refractivity (Wildman–Crippen MR) is 51.6 cm³/mol. The first kappa shape index (κ1) is 10.5. The van der Waals surface area contributed by atoms with Crippen LogP contribution in [0.1, 0.15) is 26.7 Å². The van der Waals surface area contributed by atoms with Crippen molar-refractivity contribution in [3.63, 3.8) is 0 Å². The summed E-state index contributed by atoms with van der Waals surface area (Å²) < 4.78 is 11.3. The third-order valence-electron chi connectivity index (χ3n) is 2.45. The first-order valence-electron chi connectivity index (χ1n) is 5.10. The lowest BCUT2D eigenvalue weighted by Gasteiger charge is -2.13. The minimum absolute atomic E-state index is 0.415. The van der Waals surface area contributed by atoms with Crippen molar-refractivity contribution in [2.75, 3.05) is 13.2 Å². The summed E-state index contributed by atoms with van der Waals surface area (Å²) in [6, 6.07) is 0. The molecule has 1 fully saturated rings. The zero-order valence-electron chi connectivity index (χ0n) is 8.21. The molecular weight excluding hydrogens is 167 g/mol. The second-order valence-electron chi connectivity index (χ2n) is 3.41. The molecule has 0 aromatic rings. The Morgan fingerprint density at radius 3 is 2.67 bits per heavy atom. The van der Waals surface area contributed by atoms with Crippen LogP contribution in [0.5, 0.6) is 0 Å². The van der Waals surface area contributed by atoms with Gasteiger partial charge in [0.15, 0.2) is 0 Å². The van der Waals surface area contributed by atoms with E-state index >= 15 is 0 Å². The van der Waals surface area contributed by atoms with Crippen molar-refractivity contribution in [2.45, 2.75) is 43.4 Å². The SMILES string of the molecule is C[CH2][Al]([CH2]C)[O]CC1CCCO1. The summed E-state index contributed by atoms with van der Waals surface area (Å²) in [6.45, 7) is 6.27. The molecule has 70 valence electrons. The highest BCUT2D eigenvalue weighted by Crippen LogP contribution is 2.13. The molecule has 0 bridgehead atoms. The Bertz CT molecular complexity index is 107. The quantitative estimate of drug-likeness (QED) is 0.613. The molecule has 1 heterocycles. The molecule has 0 aromatic heterocycles. The smallest absolute Gasteiger partial charge is 0.460 e. The van der Waals surface area contributed by atoms with Crippen molar-refractivity contribution in [3.8, 4) is 0 Å². The van der Waals surface area contributed by atoms with Gasteiger partial charge in [-0.25, -0.2) is 0 Å². The van der Waals surface area contributed by atoms with Crippen LogP contribution < -0.4 is 0 Å². The Morgan fingerprint density at radius 2 is 2.17 bits per heavy atom. The van der Waals surface area contributed by atoms with Gasteiger partial charge in [0.25, 0.3) is 0 Å². The van der Waals surface area contributed by atoms with Gasteiger partial charge < -0.3 is 8.53 Å². The Balaban J connectivity index is 2.06. The highest BCUT2D eigenvalue weighted by atomic mass is 27.2. The van der Waals surface area contributed by atoms with E-state index in [4.69, 9.17) is 8.53 Å². The largest absolute Gasteiger partial charge is 0.499 e. The van der Waals surface area contributed by atoms with Gasteiger partial charge in [-0.3, -0.25) is 0 Å². The summed E-state index contributed by atoms with van der Waals surface area (Å²) >= 11 is -0.828. The van der Waals surface area contributed by atoms with E-state index in [0.717, 1.165) is 13.2 Å². The Labute approximate surface area is 80.0 Å². The Morgan fingerprint density at radius 1 is 1.42 bits per heavy atom. The Kier molecular flexibility index (Phi) is 5.26. The van der Waals surface area contributed by atoms with Crippen molar-refractivity contribution >= 4 is 14.5 Å². The summed E-state index contributed by atoms with van der Waals surface area (Å²) in [7, 11) is 0. The van der Waals surface area contributed by atoms with E-state index in [0.29, 0.717) is 6.10 Å². The van der Waals surface area contributed by atoms with E-state index in [1.165, 1.54) is 23.4 Å². The second-order valence-corrected chi connectivity index (χ2v) is 6.62. The van der Waals surface area contributed by atoms with E-state index in [1.54, 1.807) is 0 Å². The van der Waals surface area contributed by atoms with Gasteiger partial charge in [0.1, 0.15) is 0 Å². The van der Waals surface area contributed by atoms with Crippen LogP contribution in [0.4, 0.5) is 0 Å². The summed E-state index contributed by atoms with van der Waals surface area (Å²) in [5.41, 5.74) is 0. The van der Waals surface area contributed by atoms with Gasteiger partial charge in [-0.1, -0.05) is 24.4 Å². The first-order valence-corrected chi connectivity index (χ1v) is 7.20. The lowest BCUT2D eigenvalue weighted by molar-refractivity contribution is 0.0669. The van der Waals surface area contributed by atoms with Crippen molar-refractivity contribution in [1.29, 1.82) is 0 Å². The van der Waals surface area contributed by atoms with Gasteiger partial charge in [0, 0.05) is 13.2 Å². The van der Waals surface area contributed by atoms with Gasteiger partial charge in [-0.2, -0.15) is 0 Å². The van der Waals surface area contributed by atoms with Gasteiger partial charge in [-0.15, -0.1) is 0 Å². The van der Waals surface area contributed by atoms with Crippen molar-refractivity contribution in [2.24, 2.45) is 0 Å². The van der Waals surface area contributed by atoms with Gasteiger partial charge in [-0.05, 0) is 12.8 Å². The van der Waals surface area contributed by atoms with Crippen LogP contribution in [0, 0.1) is 0 Å². The zero-order valence-corrected chi connectivity index (χ0v) is 9.37. The van der Waals surface area contributed by atoms with E-state index in [9.17, 15) is 0 Å². The molecular formula is C9H19AlO2. The normalized spacial score (nSPS) is 23.0. The summed E-state index contributed by atoms with van der Waals surface area (Å²) in [6.07, 6.45) is 2.84. The zero-order chi connectivity index (χ0) is 8.81. The molecule has 2 nitrogen and oxygen atoms in total. The highest BCUT2D eigenvalue weighted by Gasteiger charge is 2.20. The van der Waals surface area contributed by atoms with Crippen LogP contribution in [0.15, 0.2) is 0 Å². The maximum Gasteiger partial charge on any atom is 0.460 e. The minimum atomic E-state index is -0.828. The summed E-state index contributed by atoms with van der Waals surface area (Å²) in [4.78, 5) is 0. The van der Waals surface area contributed by atoms with E-state index in [2.05, 4.69) is 13.8 Å². The average Bonchev–Trinajstić information content (AvgIpc) is 2.59. The minimum Gasteiger partial charge on any atom is -0.499 e. The van der Waals surface area contributed by atoms with Crippen LogP contribution in [0.25, 0.3) is 0 Å². The average molecular weight is 186 g/mol. The molecule has 0 spiro atoms. The lowest BCUT2D eigenvalue weighted by atomic mass is 10.2. The highest BCUT2D eigenvalue weighted by molar-refractivity contribution is 6.51. The van der Waals surface area contributed by atoms with Crippen molar-refractivity contribution in [3.05, 3.63) is 0 Å². The van der Waals surface area contributed by atoms with Crippen LogP contribution in [0.2, 0.25) is 10.6 Å². The molecule has 1 saturated heterocycles. The van der Waals surface area contributed by atoms with Crippen molar-refractivity contribution < 1.29 is 8.53 Å². The maximum absolute atomic E-state index is 5.84. The van der Waals surface area contributed by atoms with Crippen molar-refractivity contribution in [1.82, 2.24) is 0 Å². The van der Waals surface area contributed by atoms with Gasteiger partial charge >= 0.3 is 14.5 Å². The maximum atomic E-state index is 5.84. The molecule has 12 heavy (non-hydrogen) atoms. The van der Waals surface area contributed by atoms with Gasteiger partial charge in [0.2, 0.25) is 0 Å². The first-order chi connectivity index (χ1) is 5.86. The second kappa shape index (κ2) is 5.99. The van der Waals surface area contributed by atoms with Gasteiger partial charge in [0.05, 0.1) is 6.10 Å². The molecule has 0 saturated carbocycles. The molecule has 1 rings (SSSR count). The molecule has 0 radical (unpaired) electrons. The standard InChI is InChI=1S/C5H9O2.2C2H5.Al/c6-4-5-2-1-3-7-5;2*1-2;/h5H,1-4H2;2*1H2,2H3;/q-1;;;+1. The Hall–Kier alpha value is 0.452. The molecule has 0 aromatic carbocycles. The topological polar surface area (TPSA) is 18.5 Å². The fourth-order valence-electron chi connectivity index (χ4n) is 1.54. The van der Waals surface area contributed by atoms with Crippen LogP contribution in [0.3, 0.4) is 0 Å². The van der Waals surface area contributed by atoms with E-state index in [-0.39, 0.29) is 0 Å². The third kappa shape index (κ3) is 3.45. The van der Waals surface area contributed by atoms with E-state index in [1.807, 2.05) is 0 Å². The number of rotatable bonds is 5. The number of hydrogen-bond donors (Lipinski definition) is 0. The lowest BCUT2D eigenvalue weighted by Crippen LogP contribution is -2.23. The summed E-state index contributed by atoms with van der Waals surface area (Å²) in [5.74, 6) is 0. The number of hydrogen-bond acceptors (Lipinski definition) is 2. The molecule has 1 unspecified atom stereocenters. The molecule has 1 atom stereocenters. The fourth-order valence-corrected chi connectivity index (χ4v) is 3.08. The molecule has 0 N–H and O–H groups in total. The molecule has 1 aliphatic rings. The third-order valence-corrected chi connectivity index (χ3v) is 4.94. The predicted octanol–water partition coefficient (Wildman–Crippen LogP) is 2.21. The summed E-state index contributed by atoms with van der Waals surface area (Å²) in [5, 5.41) is 2.51. The number of ether oxygens (including phenoxy) is 1. The van der Waals surface area contributed by atoms with E-state index < -0.39 is 14.5 Å². The molecule has 0 amide bonds. The molecule has 0 aliphatic carbocycles. The monoisotopic (exact) mass is 186 g/mol.